The van der Waals surface area contributed by atoms with Crippen LogP contribution in [0.3, 0.4) is 0 Å². The van der Waals surface area contributed by atoms with Gasteiger partial charge in [0, 0.05) is 11.1 Å². The number of rotatable bonds is 7. The van der Waals surface area contributed by atoms with Crippen molar-refractivity contribution in [1.82, 2.24) is 15.5 Å². The molecule has 0 radical (unpaired) electrons. The van der Waals surface area contributed by atoms with E-state index in [4.69, 9.17) is 19.1 Å². The number of fused-ring (bicyclic) bond motifs is 1. The summed E-state index contributed by atoms with van der Waals surface area (Å²) in [7, 11) is 0. The summed E-state index contributed by atoms with van der Waals surface area (Å²) < 4.78 is 16.1. The Hall–Kier alpha value is -3.90. The van der Waals surface area contributed by atoms with Crippen LogP contribution < -0.4 is 10.1 Å². The predicted molar refractivity (Wildman–Crippen MR) is 118 cm³/mol. The first-order valence-electron chi connectivity index (χ1n) is 10.7. The van der Waals surface area contributed by atoms with E-state index in [1.807, 2.05) is 32.0 Å². The number of ether oxygens (including phenoxy) is 2. The lowest BCUT2D eigenvalue weighted by molar-refractivity contribution is 0.116. The maximum atomic E-state index is 11.9. The van der Waals surface area contributed by atoms with Crippen LogP contribution in [0.4, 0.5) is 4.79 Å². The van der Waals surface area contributed by atoms with Gasteiger partial charge in [0.25, 0.3) is 5.89 Å². The largest absolute Gasteiger partial charge is 0.490 e. The molecule has 0 spiro atoms. The number of hydrogen-bond acceptors (Lipinski definition) is 8. The van der Waals surface area contributed by atoms with Crippen molar-refractivity contribution in [3.05, 3.63) is 53.1 Å². The number of amides is 1. The molecule has 170 valence electrons. The van der Waals surface area contributed by atoms with E-state index in [1.54, 1.807) is 18.2 Å². The second kappa shape index (κ2) is 9.71. The van der Waals surface area contributed by atoms with Crippen LogP contribution in [0.5, 0.6) is 5.75 Å². The zero-order valence-corrected chi connectivity index (χ0v) is 18.4. The van der Waals surface area contributed by atoms with E-state index >= 15 is 0 Å². The number of aliphatic hydroxyl groups is 1. The van der Waals surface area contributed by atoms with Gasteiger partial charge in [-0.2, -0.15) is 10.2 Å². The maximum Gasteiger partial charge on any atom is 0.407 e. The van der Waals surface area contributed by atoms with Crippen LogP contribution in [-0.4, -0.2) is 40.7 Å². The Morgan fingerprint density at radius 2 is 2.21 bits per heavy atom. The second-order valence-corrected chi connectivity index (χ2v) is 7.88. The molecule has 1 aliphatic carbocycles. The number of aromatic nitrogens is 2. The molecule has 1 amide bonds. The number of nitrogens with zero attached hydrogens (tertiary/aromatic N) is 3. The van der Waals surface area contributed by atoms with E-state index in [0.717, 1.165) is 23.1 Å². The van der Waals surface area contributed by atoms with Crippen LogP contribution in [0.15, 0.2) is 40.9 Å². The van der Waals surface area contributed by atoms with Crippen LogP contribution in [0.2, 0.25) is 0 Å². The zero-order chi connectivity index (χ0) is 23.4. The summed E-state index contributed by atoms with van der Waals surface area (Å²) in [6.45, 7) is 3.53. The topological polar surface area (TPSA) is 130 Å². The minimum Gasteiger partial charge on any atom is -0.490 e. The molecule has 0 saturated heterocycles. The van der Waals surface area contributed by atoms with Crippen LogP contribution in [0.1, 0.15) is 43.0 Å². The third-order valence-corrected chi connectivity index (χ3v) is 5.26. The Morgan fingerprint density at radius 1 is 1.36 bits per heavy atom. The molecule has 1 aliphatic rings. The van der Waals surface area contributed by atoms with Crippen molar-refractivity contribution < 1.29 is 23.9 Å². The van der Waals surface area contributed by atoms with Gasteiger partial charge < -0.3 is 24.4 Å². The highest BCUT2D eigenvalue weighted by Crippen LogP contribution is 2.37. The minimum atomic E-state index is -0.563. The number of nitriles is 1. The summed E-state index contributed by atoms with van der Waals surface area (Å²) in [5.41, 5.74) is 3.86. The highest BCUT2D eigenvalue weighted by atomic mass is 16.6. The van der Waals surface area contributed by atoms with Crippen molar-refractivity contribution in [2.45, 2.75) is 38.8 Å². The van der Waals surface area contributed by atoms with E-state index < -0.39 is 6.09 Å². The molecule has 4 rings (SSSR count). The number of hydrogen-bond donors (Lipinski definition) is 2. The fraction of sp³-hybridized carbons (Fsp3) is 0.333. The Labute approximate surface area is 190 Å². The minimum absolute atomic E-state index is 0.0465. The van der Waals surface area contributed by atoms with Gasteiger partial charge in [0.1, 0.15) is 18.4 Å². The summed E-state index contributed by atoms with van der Waals surface area (Å²) in [6.07, 6.45) is 0.842. The monoisotopic (exact) mass is 448 g/mol. The van der Waals surface area contributed by atoms with Crippen molar-refractivity contribution in [3.63, 3.8) is 0 Å². The normalized spacial score (nSPS) is 14.6. The quantitative estimate of drug-likeness (QED) is 0.559. The van der Waals surface area contributed by atoms with Gasteiger partial charge in [0.05, 0.1) is 24.3 Å². The highest BCUT2D eigenvalue weighted by Gasteiger charge is 2.28. The van der Waals surface area contributed by atoms with Gasteiger partial charge in [0.15, 0.2) is 0 Å². The molecule has 0 saturated carbocycles. The molecule has 0 fully saturated rings. The summed E-state index contributed by atoms with van der Waals surface area (Å²) in [4.78, 5) is 16.5. The summed E-state index contributed by atoms with van der Waals surface area (Å²) in [6, 6.07) is 12.9. The molecule has 3 aromatic rings. The number of alkyl carbamates (subject to hydrolysis) is 1. The van der Waals surface area contributed by atoms with E-state index in [9.17, 15) is 10.1 Å². The molecule has 33 heavy (non-hydrogen) atoms. The fourth-order valence-corrected chi connectivity index (χ4v) is 3.89. The molecular formula is C24H24N4O5. The maximum absolute atomic E-state index is 11.9. The van der Waals surface area contributed by atoms with Crippen molar-refractivity contribution >= 4 is 6.09 Å². The summed E-state index contributed by atoms with van der Waals surface area (Å²) in [5, 5.41) is 25.3. The van der Waals surface area contributed by atoms with Crippen molar-refractivity contribution in [3.8, 4) is 34.7 Å². The van der Waals surface area contributed by atoms with E-state index in [1.165, 1.54) is 0 Å². The lowest BCUT2D eigenvalue weighted by atomic mass is 10.0. The number of nitrogens with one attached hydrogen (secondary N) is 1. The molecule has 1 aromatic heterocycles. The van der Waals surface area contributed by atoms with Crippen molar-refractivity contribution in [1.29, 1.82) is 5.26 Å². The third-order valence-electron chi connectivity index (χ3n) is 5.26. The van der Waals surface area contributed by atoms with Gasteiger partial charge in [-0.25, -0.2) is 4.79 Å². The lowest BCUT2D eigenvalue weighted by Crippen LogP contribution is -2.28. The molecule has 1 atom stereocenters. The lowest BCUT2D eigenvalue weighted by Gasteiger charge is -2.14. The molecule has 2 N–H and O–H groups in total. The number of benzene rings is 2. The van der Waals surface area contributed by atoms with Crippen LogP contribution >= 0.6 is 0 Å². The van der Waals surface area contributed by atoms with Crippen LogP contribution in [0, 0.1) is 11.3 Å². The molecule has 9 nitrogen and oxygen atoms in total. The van der Waals surface area contributed by atoms with Gasteiger partial charge in [-0.15, -0.1) is 0 Å². The van der Waals surface area contributed by atoms with Gasteiger partial charge >= 0.3 is 6.09 Å². The van der Waals surface area contributed by atoms with E-state index in [-0.39, 0.29) is 25.4 Å². The fourth-order valence-electron chi connectivity index (χ4n) is 3.89. The number of aliphatic hydroxyl groups excluding tert-OH is 1. The first-order chi connectivity index (χ1) is 16.0. The zero-order valence-electron chi connectivity index (χ0n) is 18.4. The van der Waals surface area contributed by atoms with Crippen molar-refractivity contribution in [2.75, 3.05) is 13.2 Å². The van der Waals surface area contributed by atoms with E-state index in [0.29, 0.717) is 35.0 Å². The van der Waals surface area contributed by atoms with Gasteiger partial charge in [-0.1, -0.05) is 23.4 Å². The smallest absolute Gasteiger partial charge is 0.407 e. The highest BCUT2D eigenvalue weighted by molar-refractivity contribution is 5.70. The second-order valence-electron chi connectivity index (χ2n) is 7.88. The number of carbonyl (C=O) groups is 1. The summed E-state index contributed by atoms with van der Waals surface area (Å²) >= 11 is 0. The van der Waals surface area contributed by atoms with E-state index in [2.05, 4.69) is 21.5 Å². The standard InChI is InChI=1S/C24H24N4O5/c1-14(2)32-21-9-6-15(12-16(21)13-25)23-27-22(28-33-23)19-5-3-4-18-17(19)7-8-20(18)26-24(30)31-11-10-29/h3-6,9,12,14,20,29H,7-8,10-11H2,1-2H3,(H,26,30). The van der Waals surface area contributed by atoms with Gasteiger partial charge in [-0.05, 0) is 56.0 Å². The summed E-state index contributed by atoms with van der Waals surface area (Å²) in [5.74, 6) is 1.25. The molecule has 0 bridgehead atoms. The van der Waals surface area contributed by atoms with Crippen LogP contribution in [0.25, 0.3) is 22.8 Å². The van der Waals surface area contributed by atoms with Gasteiger partial charge in [0.2, 0.25) is 5.82 Å². The molecule has 0 aliphatic heterocycles. The molecule has 9 heteroatoms. The number of carbonyl (C=O) groups excluding carboxylic acids is 1. The average molecular weight is 448 g/mol. The first kappa shape index (κ1) is 22.3. The molecular weight excluding hydrogens is 424 g/mol. The Bertz CT molecular complexity index is 1200. The Morgan fingerprint density at radius 3 is 2.97 bits per heavy atom. The molecule has 1 unspecified atom stereocenters. The Balaban J connectivity index is 1.58. The molecule has 1 heterocycles. The molecule has 2 aromatic carbocycles. The van der Waals surface area contributed by atoms with Crippen LogP contribution in [-0.2, 0) is 11.2 Å². The van der Waals surface area contributed by atoms with Crippen molar-refractivity contribution in [2.24, 2.45) is 0 Å². The third kappa shape index (κ3) is 4.81. The first-order valence-corrected chi connectivity index (χ1v) is 10.7. The predicted octanol–water partition coefficient (Wildman–Crippen LogP) is 3.77. The SMILES string of the molecule is CC(C)Oc1ccc(-c2nc(-c3cccc4c3CCC4NC(=O)OCCO)no2)cc1C#N. The van der Waals surface area contributed by atoms with Gasteiger partial charge in [-0.3, -0.25) is 0 Å². The Kier molecular flexibility index (Phi) is 6.56. The average Bonchev–Trinajstić information content (AvgIpc) is 3.45.